The summed E-state index contributed by atoms with van der Waals surface area (Å²) in [5.41, 5.74) is 0.344. The summed E-state index contributed by atoms with van der Waals surface area (Å²) in [7, 11) is -3.48. The van der Waals surface area contributed by atoms with Crippen molar-refractivity contribution in [3.63, 3.8) is 0 Å². The van der Waals surface area contributed by atoms with E-state index in [2.05, 4.69) is 4.72 Å². The van der Waals surface area contributed by atoms with Gasteiger partial charge in [-0.05, 0) is 31.0 Å². The van der Waals surface area contributed by atoms with E-state index in [1.807, 2.05) is 6.92 Å². The van der Waals surface area contributed by atoms with E-state index in [1.54, 1.807) is 19.1 Å². The smallest absolute Gasteiger partial charge is 0.233 e. The molecule has 0 aliphatic carbocycles. The van der Waals surface area contributed by atoms with Crippen molar-refractivity contribution in [1.82, 2.24) is 0 Å². The molecule has 0 heterocycles. The van der Waals surface area contributed by atoms with E-state index in [9.17, 15) is 8.42 Å². The van der Waals surface area contributed by atoms with Gasteiger partial charge in [0.05, 0.1) is 18.0 Å². The van der Waals surface area contributed by atoms with Gasteiger partial charge >= 0.3 is 0 Å². The third kappa shape index (κ3) is 5.47. The van der Waals surface area contributed by atoms with Gasteiger partial charge in [0, 0.05) is 10.9 Å². The van der Waals surface area contributed by atoms with Gasteiger partial charge in [-0.2, -0.15) is 0 Å². The second kappa shape index (κ2) is 7.22. The van der Waals surface area contributed by atoms with Gasteiger partial charge in [0.25, 0.3) is 0 Å². The maximum Gasteiger partial charge on any atom is 0.233 e. The molecule has 0 aromatic heterocycles. The standard InChI is InChI=1S/C12H17Cl2NO3S/c1-3-18-12-5-4-10(14)6-11(12)15-19(16,17)8-9(2)7-13/h4-6,9,15H,3,7-8H2,1-2H3. The molecule has 1 unspecified atom stereocenters. The Labute approximate surface area is 124 Å². The van der Waals surface area contributed by atoms with Gasteiger partial charge < -0.3 is 4.74 Å². The molecule has 0 aliphatic rings. The minimum Gasteiger partial charge on any atom is -0.492 e. The predicted molar refractivity (Wildman–Crippen MR) is 79.9 cm³/mol. The Morgan fingerprint density at radius 2 is 2.11 bits per heavy atom. The number of alkyl halides is 1. The van der Waals surface area contributed by atoms with Gasteiger partial charge in [-0.1, -0.05) is 18.5 Å². The average Bonchev–Trinajstić information content (AvgIpc) is 2.31. The molecule has 19 heavy (non-hydrogen) atoms. The number of anilines is 1. The van der Waals surface area contributed by atoms with E-state index in [0.717, 1.165) is 0 Å². The van der Waals surface area contributed by atoms with E-state index >= 15 is 0 Å². The summed E-state index contributed by atoms with van der Waals surface area (Å²) in [5.74, 6) is 0.562. The van der Waals surface area contributed by atoms with E-state index < -0.39 is 10.0 Å². The number of nitrogens with one attached hydrogen (secondary N) is 1. The lowest BCUT2D eigenvalue weighted by atomic mass is 10.3. The van der Waals surface area contributed by atoms with Gasteiger partial charge in [-0.3, -0.25) is 4.72 Å². The summed E-state index contributed by atoms with van der Waals surface area (Å²) in [5, 5.41) is 0.437. The third-order valence-electron chi connectivity index (χ3n) is 2.27. The molecule has 1 atom stereocenters. The first-order valence-corrected chi connectivity index (χ1v) is 8.43. The molecule has 0 spiro atoms. The topological polar surface area (TPSA) is 55.4 Å². The third-order valence-corrected chi connectivity index (χ3v) is 4.57. The van der Waals surface area contributed by atoms with Crippen LogP contribution >= 0.6 is 23.2 Å². The maximum atomic E-state index is 12.0. The molecular weight excluding hydrogens is 309 g/mol. The molecule has 0 bridgehead atoms. The first-order chi connectivity index (χ1) is 8.88. The second-order valence-corrected chi connectivity index (χ2v) is 6.73. The van der Waals surface area contributed by atoms with E-state index in [1.165, 1.54) is 6.07 Å². The predicted octanol–water partition coefficient (Wildman–Crippen LogP) is 3.36. The first kappa shape index (κ1) is 16.4. The van der Waals surface area contributed by atoms with Crippen molar-refractivity contribution in [3.8, 4) is 5.75 Å². The molecule has 0 amide bonds. The molecular formula is C12H17Cl2NO3S. The van der Waals surface area contributed by atoms with Crippen LogP contribution in [0.5, 0.6) is 5.75 Å². The van der Waals surface area contributed by atoms with Crippen molar-refractivity contribution in [3.05, 3.63) is 23.2 Å². The zero-order chi connectivity index (χ0) is 14.5. The number of rotatable bonds is 7. The molecule has 108 valence electrons. The highest BCUT2D eigenvalue weighted by Gasteiger charge is 2.17. The summed E-state index contributed by atoms with van der Waals surface area (Å²) in [6, 6.07) is 4.80. The molecule has 0 saturated heterocycles. The Morgan fingerprint density at radius 3 is 2.68 bits per heavy atom. The van der Waals surface area contributed by atoms with Crippen LogP contribution < -0.4 is 9.46 Å². The van der Waals surface area contributed by atoms with Crippen molar-refractivity contribution in [2.45, 2.75) is 13.8 Å². The lowest BCUT2D eigenvalue weighted by Crippen LogP contribution is -2.22. The largest absolute Gasteiger partial charge is 0.492 e. The van der Waals surface area contributed by atoms with Crippen LogP contribution in [0.4, 0.5) is 5.69 Å². The highest BCUT2D eigenvalue weighted by molar-refractivity contribution is 7.92. The molecule has 0 radical (unpaired) electrons. The molecule has 0 fully saturated rings. The van der Waals surface area contributed by atoms with Crippen molar-refractivity contribution < 1.29 is 13.2 Å². The van der Waals surface area contributed by atoms with Crippen molar-refractivity contribution in [1.29, 1.82) is 0 Å². The Bertz CT molecular complexity index is 520. The highest BCUT2D eigenvalue weighted by Crippen LogP contribution is 2.29. The van der Waals surface area contributed by atoms with Crippen LogP contribution in [0.3, 0.4) is 0 Å². The molecule has 4 nitrogen and oxygen atoms in total. The second-order valence-electron chi connectivity index (χ2n) is 4.22. The van der Waals surface area contributed by atoms with Gasteiger partial charge in [0.1, 0.15) is 5.75 Å². The fourth-order valence-corrected chi connectivity index (χ4v) is 3.35. The number of halogens is 2. The van der Waals surface area contributed by atoms with Crippen LogP contribution in [0, 0.1) is 5.92 Å². The van der Waals surface area contributed by atoms with E-state index in [4.69, 9.17) is 27.9 Å². The molecule has 0 aliphatic heterocycles. The Balaban J connectivity index is 2.94. The minimum absolute atomic E-state index is 0.0470. The van der Waals surface area contributed by atoms with Gasteiger partial charge in [-0.15, -0.1) is 11.6 Å². The van der Waals surface area contributed by atoms with Crippen LogP contribution in [-0.2, 0) is 10.0 Å². The summed E-state index contributed by atoms with van der Waals surface area (Å²) >= 11 is 11.5. The molecule has 1 rings (SSSR count). The SMILES string of the molecule is CCOc1ccc(Cl)cc1NS(=O)(=O)CC(C)CCl. The lowest BCUT2D eigenvalue weighted by Gasteiger charge is -2.14. The normalized spacial score (nSPS) is 13.1. The number of hydrogen-bond donors (Lipinski definition) is 1. The quantitative estimate of drug-likeness (QED) is 0.782. The van der Waals surface area contributed by atoms with Crippen molar-refractivity contribution in [2.75, 3.05) is 23.0 Å². The van der Waals surface area contributed by atoms with E-state index in [0.29, 0.717) is 23.1 Å². The molecule has 7 heteroatoms. The maximum absolute atomic E-state index is 12.0. The average molecular weight is 326 g/mol. The first-order valence-electron chi connectivity index (χ1n) is 5.86. The van der Waals surface area contributed by atoms with E-state index in [-0.39, 0.29) is 17.6 Å². The molecule has 1 aromatic carbocycles. The monoisotopic (exact) mass is 325 g/mol. The van der Waals surface area contributed by atoms with Crippen molar-refractivity contribution >= 4 is 38.9 Å². The van der Waals surface area contributed by atoms with Crippen LogP contribution in [-0.4, -0.2) is 26.7 Å². The lowest BCUT2D eigenvalue weighted by molar-refractivity contribution is 0.342. The van der Waals surface area contributed by atoms with Gasteiger partial charge in [-0.25, -0.2) is 8.42 Å². The summed E-state index contributed by atoms with van der Waals surface area (Å²) in [4.78, 5) is 0. The van der Waals surface area contributed by atoms with Gasteiger partial charge in [0.2, 0.25) is 10.0 Å². The van der Waals surface area contributed by atoms with Crippen LogP contribution in [0.2, 0.25) is 5.02 Å². The number of hydrogen-bond acceptors (Lipinski definition) is 3. The van der Waals surface area contributed by atoms with Crippen LogP contribution in [0.1, 0.15) is 13.8 Å². The van der Waals surface area contributed by atoms with Crippen molar-refractivity contribution in [2.24, 2.45) is 5.92 Å². The fourth-order valence-electron chi connectivity index (χ4n) is 1.49. The zero-order valence-electron chi connectivity index (χ0n) is 10.8. The molecule has 0 saturated carbocycles. The Morgan fingerprint density at radius 1 is 1.42 bits per heavy atom. The minimum atomic E-state index is -3.48. The van der Waals surface area contributed by atoms with Crippen LogP contribution in [0.15, 0.2) is 18.2 Å². The molecule has 1 aromatic rings. The summed E-state index contributed by atoms with van der Waals surface area (Å²) < 4.78 is 31.8. The zero-order valence-corrected chi connectivity index (χ0v) is 13.1. The molecule has 1 N–H and O–H groups in total. The number of sulfonamides is 1. The highest BCUT2D eigenvalue weighted by atomic mass is 35.5. The Kier molecular flexibility index (Phi) is 6.23. The fraction of sp³-hybridized carbons (Fsp3) is 0.500. The Hall–Kier alpha value is -0.650. The number of ether oxygens (including phenoxy) is 1. The van der Waals surface area contributed by atoms with Crippen LogP contribution in [0.25, 0.3) is 0 Å². The van der Waals surface area contributed by atoms with Gasteiger partial charge in [0.15, 0.2) is 0 Å². The number of benzene rings is 1. The summed E-state index contributed by atoms with van der Waals surface area (Å²) in [6.45, 7) is 4.03. The summed E-state index contributed by atoms with van der Waals surface area (Å²) in [6.07, 6.45) is 0.